The molecule has 3 N–H and O–H groups in total. The van der Waals surface area contributed by atoms with Crippen LogP contribution in [0, 0.1) is 5.92 Å². The number of ether oxygens (including phenoxy) is 1. The highest BCUT2D eigenvalue weighted by Gasteiger charge is 2.29. The second-order valence-electron chi connectivity index (χ2n) is 11.2. The molecule has 0 bridgehead atoms. The number of carbonyl (C=O) groups excluding carboxylic acids is 2. The molecule has 0 spiro atoms. The highest BCUT2D eigenvalue weighted by Crippen LogP contribution is 2.32. The average molecular weight is 637 g/mol. The summed E-state index contributed by atoms with van der Waals surface area (Å²) in [5.41, 5.74) is 2.31. The van der Waals surface area contributed by atoms with Gasteiger partial charge in [-0.3, -0.25) is 19.0 Å². The third kappa shape index (κ3) is 10.2. The summed E-state index contributed by atoms with van der Waals surface area (Å²) >= 11 is 1.40. The van der Waals surface area contributed by atoms with Gasteiger partial charge in [0, 0.05) is 19.3 Å². The summed E-state index contributed by atoms with van der Waals surface area (Å²) in [5.74, 6) is -0.820. The van der Waals surface area contributed by atoms with Crippen molar-refractivity contribution >= 4 is 44.5 Å². The molecule has 10 nitrogen and oxygen atoms in total. The van der Waals surface area contributed by atoms with Gasteiger partial charge in [-0.25, -0.2) is 9.78 Å². The van der Waals surface area contributed by atoms with E-state index in [1.54, 1.807) is 44.0 Å². The van der Waals surface area contributed by atoms with Gasteiger partial charge in [0.25, 0.3) is 0 Å². The molecule has 1 aromatic heterocycles. The number of rotatable bonds is 12. The lowest BCUT2D eigenvalue weighted by molar-refractivity contribution is -0.122. The molecule has 4 aromatic rings. The van der Waals surface area contributed by atoms with Gasteiger partial charge in [-0.05, 0) is 62.4 Å². The summed E-state index contributed by atoms with van der Waals surface area (Å²) in [6.45, 7) is 5.67. The standard InChI is InChI=1S/C32H36N4O6S2/c1-32(2,3)42-31(38)34-21-26(20-24-10-6-4-7-11-24)29(37)36(30-33-22-28(43-30)25-12-8-5-9-13-25)19-18-23-14-16-27(17-15-23)35-44(39,40)41/h4-17,22,26,35H,18-21H2,1-3H3,(H,34,38)(H,39,40,41)/t26-/m0/s1. The number of carbonyl (C=O) groups is 2. The first kappa shape index (κ1) is 32.6. The van der Waals surface area contributed by atoms with Crippen molar-refractivity contribution in [3.63, 3.8) is 0 Å². The van der Waals surface area contributed by atoms with Crippen molar-refractivity contribution < 1.29 is 27.3 Å². The lowest BCUT2D eigenvalue weighted by Gasteiger charge is -2.27. The number of anilines is 2. The number of benzene rings is 3. The first-order valence-corrected chi connectivity index (χ1v) is 16.3. The zero-order valence-electron chi connectivity index (χ0n) is 24.8. The number of hydrogen-bond acceptors (Lipinski definition) is 7. The first-order valence-electron chi connectivity index (χ1n) is 14.0. The molecule has 0 fully saturated rings. The molecule has 232 valence electrons. The van der Waals surface area contributed by atoms with Crippen LogP contribution in [0.5, 0.6) is 0 Å². The van der Waals surface area contributed by atoms with Crippen LogP contribution in [-0.2, 0) is 32.7 Å². The predicted octanol–water partition coefficient (Wildman–Crippen LogP) is 5.98. The Morgan fingerprint density at radius 1 is 0.955 bits per heavy atom. The maximum absolute atomic E-state index is 14.3. The van der Waals surface area contributed by atoms with Crippen LogP contribution in [0.1, 0.15) is 31.9 Å². The van der Waals surface area contributed by atoms with Crippen molar-refractivity contribution in [3.8, 4) is 10.4 Å². The summed E-state index contributed by atoms with van der Waals surface area (Å²) < 4.78 is 38.8. The Bertz CT molecular complexity index is 1640. The highest BCUT2D eigenvalue weighted by molar-refractivity contribution is 7.87. The van der Waals surface area contributed by atoms with E-state index in [9.17, 15) is 18.0 Å². The number of amides is 2. The van der Waals surface area contributed by atoms with Gasteiger partial charge in [-0.15, -0.1) is 0 Å². The predicted molar refractivity (Wildman–Crippen MR) is 173 cm³/mol. The maximum Gasteiger partial charge on any atom is 0.407 e. The fourth-order valence-corrected chi connectivity index (χ4v) is 5.83. The summed E-state index contributed by atoms with van der Waals surface area (Å²) in [4.78, 5) is 34.0. The quantitative estimate of drug-likeness (QED) is 0.163. The largest absolute Gasteiger partial charge is 0.444 e. The van der Waals surface area contributed by atoms with E-state index in [-0.39, 0.29) is 24.7 Å². The molecule has 1 heterocycles. The minimum atomic E-state index is -4.39. The SMILES string of the molecule is CC(C)(C)OC(=O)NC[C@H](Cc1ccccc1)C(=O)N(CCc1ccc(NS(=O)(=O)O)cc1)c1ncc(-c2ccccc2)s1. The number of nitrogens with zero attached hydrogens (tertiary/aromatic N) is 2. The van der Waals surface area contributed by atoms with Gasteiger partial charge in [0.05, 0.1) is 16.5 Å². The summed E-state index contributed by atoms with van der Waals surface area (Å²) in [6.07, 6.45) is 1.97. The fraction of sp³-hybridized carbons (Fsp3) is 0.281. The van der Waals surface area contributed by atoms with Crippen LogP contribution in [0.3, 0.4) is 0 Å². The van der Waals surface area contributed by atoms with Crippen molar-refractivity contribution in [2.45, 2.75) is 39.2 Å². The van der Waals surface area contributed by atoms with Gasteiger partial charge in [-0.1, -0.05) is 84.1 Å². The molecule has 44 heavy (non-hydrogen) atoms. The van der Waals surface area contributed by atoms with E-state index in [2.05, 4.69) is 10.3 Å². The summed E-state index contributed by atoms with van der Waals surface area (Å²) in [6, 6.07) is 25.9. The molecular formula is C32H36N4O6S2. The molecule has 0 aliphatic rings. The van der Waals surface area contributed by atoms with Gasteiger partial charge < -0.3 is 10.1 Å². The van der Waals surface area contributed by atoms with Crippen LogP contribution in [-0.4, -0.2) is 48.6 Å². The van der Waals surface area contributed by atoms with E-state index in [1.165, 1.54) is 23.5 Å². The van der Waals surface area contributed by atoms with Crippen LogP contribution in [0.4, 0.5) is 15.6 Å². The molecule has 0 saturated heterocycles. The van der Waals surface area contributed by atoms with Crippen LogP contribution in [0.2, 0.25) is 0 Å². The number of nitrogens with one attached hydrogen (secondary N) is 2. The van der Waals surface area contributed by atoms with E-state index in [0.717, 1.165) is 21.6 Å². The van der Waals surface area contributed by atoms with E-state index < -0.39 is 27.9 Å². The van der Waals surface area contributed by atoms with Crippen molar-refractivity contribution in [3.05, 3.63) is 102 Å². The van der Waals surface area contributed by atoms with Crippen molar-refractivity contribution in [1.29, 1.82) is 0 Å². The second-order valence-corrected chi connectivity index (χ2v) is 13.3. The molecule has 0 saturated carbocycles. The van der Waals surface area contributed by atoms with E-state index in [4.69, 9.17) is 9.29 Å². The monoisotopic (exact) mass is 636 g/mol. The van der Waals surface area contributed by atoms with Crippen molar-refractivity contribution in [2.24, 2.45) is 5.92 Å². The molecule has 12 heteroatoms. The molecule has 3 aromatic carbocycles. The van der Waals surface area contributed by atoms with Gasteiger partial charge in [0.15, 0.2) is 5.13 Å². The Morgan fingerprint density at radius 3 is 2.20 bits per heavy atom. The molecular weight excluding hydrogens is 601 g/mol. The van der Waals surface area contributed by atoms with Crippen molar-refractivity contribution in [1.82, 2.24) is 10.3 Å². The molecule has 0 radical (unpaired) electrons. The lowest BCUT2D eigenvalue weighted by atomic mass is 9.97. The minimum absolute atomic E-state index is 0.0616. The number of thiazole rings is 1. The van der Waals surface area contributed by atoms with Crippen LogP contribution in [0.15, 0.2) is 91.1 Å². The molecule has 0 aliphatic heterocycles. The average Bonchev–Trinajstić information content (AvgIpc) is 3.45. The summed E-state index contributed by atoms with van der Waals surface area (Å²) in [5, 5.41) is 3.30. The van der Waals surface area contributed by atoms with Gasteiger partial charge in [-0.2, -0.15) is 8.42 Å². The third-order valence-corrected chi connectivity index (χ3v) is 8.00. The molecule has 1 atom stereocenters. The van der Waals surface area contributed by atoms with Gasteiger partial charge in [0.1, 0.15) is 5.60 Å². The third-order valence-electron chi connectivity index (χ3n) is 6.44. The smallest absolute Gasteiger partial charge is 0.407 e. The van der Waals surface area contributed by atoms with E-state index in [1.807, 2.05) is 65.4 Å². The fourth-order valence-electron chi connectivity index (χ4n) is 4.44. The van der Waals surface area contributed by atoms with E-state index >= 15 is 0 Å². The first-order chi connectivity index (χ1) is 20.9. The maximum atomic E-state index is 14.3. The van der Waals surface area contributed by atoms with Crippen LogP contribution >= 0.6 is 11.3 Å². The number of hydrogen-bond donors (Lipinski definition) is 3. The number of aromatic nitrogens is 1. The van der Waals surface area contributed by atoms with Crippen LogP contribution in [0.25, 0.3) is 10.4 Å². The van der Waals surface area contributed by atoms with Crippen molar-refractivity contribution in [2.75, 3.05) is 22.7 Å². The van der Waals surface area contributed by atoms with Gasteiger partial charge in [0.2, 0.25) is 5.91 Å². The van der Waals surface area contributed by atoms with Crippen LogP contribution < -0.4 is 14.9 Å². The lowest BCUT2D eigenvalue weighted by Crippen LogP contribution is -2.44. The normalized spacial score (nSPS) is 12.3. The Balaban J connectivity index is 1.61. The highest BCUT2D eigenvalue weighted by atomic mass is 32.2. The Morgan fingerprint density at radius 2 is 1.59 bits per heavy atom. The Hall–Kier alpha value is -4.26. The minimum Gasteiger partial charge on any atom is -0.444 e. The molecule has 4 rings (SSSR count). The number of alkyl carbamates (subject to hydrolysis) is 1. The zero-order chi connectivity index (χ0) is 31.7. The Labute approximate surface area is 262 Å². The summed E-state index contributed by atoms with van der Waals surface area (Å²) in [7, 11) is -4.39. The van der Waals surface area contributed by atoms with E-state index in [0.29, 0.717) is 18.0 Å². The zero-order valence-corrected chi connectivity index (χ0v) is 26.4. The molecule has 0 unspecified atom stereocenters. The Kier molecular flexibility index (Phi) is 10.7. The molecule has 2 amide bonds. The molecule has 0 aliphatic carbocycles. The second kappa shape index (κ2) is 14.5. The van der Waals surface area contributed by atoms with Gasteiger partial charge >= 0.3 is 16.4 Å². The topological polar surface area (TPSA) is 138 Å².